The summed E-state index contributed by atoms with van der Waals surface area (Å²) in [4.78, 5) is 13.5. The molecular formula is C13H13ClN2O3S. The van der Waals surface area contributed by atoms with Crippen molar-refractivity contribution >= 4 is 31.3 Å². The quantitative estimate of drug-likeness (QED) is 0.792. The Kier molecular flexibility index (Phi) is 4.31. The van der Waals surface area contributed by atoms with E-state index in [1.165, 1.54) is 0 Å². The highest BCUT2D eigenvalue weighted by Crippen LogP contribution is 2.26. The fraction of sp³-hybridized carbons (Fsp3) is 0.385. The van der Waals surface area contributed by atoms with Crippen LogP contribution in [0.4, 0.5) is 5.69 Å². The largest absolute Gasteiger partial charge is 0.312 e. The van der Waals surface area contributed by atoms with Crippen LogP contribution >= 0.6 is 10.7 Å². The summed E-state index contributed by atoms with van der Waals surface area (Å²) in [5.74, 6) is -0.573. The SMILES string of the molecule is N#CCc1ccc(N2CC(CS(=O)(=O)Cl)CC2=O)cc1. The van der Waals surface area contributed by atoms with Crippen molar-refractivity contribution in [3.05, 3.63) is 29.8 Å². The van der Waals surface area contributed by atoms with E-state index >= 15 is 0 Å². The summed E-state index contributed by atoms with van der Waals surface area (Å²) in [6.07, 6.45) is 0.507. The molecule has 1 aromatic rings. The zero-order chi connectivity index (χ0) is 14.8. The molecule has 1 amide bonds. The molecule has 1 fully saturated rings. The first-order chi connectivity index (χ1) is 9.39. The minimum atomic E-state index is -3.59. The van der Waals surface area contributed by atoms with Crippen LogP contribution in [0.3, 0.4) is 0 Å². The molecule has 0 aromatic heterocycles. The molecule has 5 nitrogen and oxygen atoms in total. The number of carbonyl (C=O) groups excluding carboxylic acids is 1. The molecule has 0 bridgehead atoms. The Morgan fingerprint density at radius 2 is 2.00 bits per heavy atom. The first kappa shape index (κ1) is 14.8. The Hall–Kier alpha value is -1.58. The minimum absolute atomic E-state index is 0.108. The monoisotopic (exact) mass is 312 g/mol. The van der Waals surface area contributed by atoms with Crippen molar-refractivity contribution in [2.75, 3.05) is 17.2 Å². The van der Waals surface area contributed by atoms with E-state index < -0.39 is 9.05 Å². The lowest BCUT2D eigenvalue weighted by Gasteiger charge is -2.16. The zero-order valence-electron chi connectivity index (χ0n) is 10.6. The van der Waals surface area contributed by atoms with Gasteiger partial charge in [-0.1, -0.05) is 12.1 Å². The van der Waals surface area contributed by atoms with Gasteiger partial charge in [0, 0.05) is 35.3 Å². The predicted octanol–water partition coefficient (Wildman–Crippen LogP) is 1.67. The lowest BCUT2D eigenvalue weighted by Crippen LogP contribution is -2.25. The number of nitriles is 1. The number of hydrogen-bond acceptors (Lipinski definition) is 4. The average molecular weight is 313 g/mol. The second-order valence-corrected chi connectivity index (χ2v) is 7.60. The van der Waals surface area contributed by atoms with Crippen LogP contribution in [0.15, 0.2) is 24.3 Å². The van der Waals surface area contributed by atoms with Gasteiger partial charge in [0.15, 0.2) is 0 Å². The highest BCUT2D eigenvalue weighted by atomic mass is 35.7. The molecule has 1 unspecified atom stereocenters. The van der Waals surface area contributed by atoms with Gasteiger partial charge in [-0.2, -0.15) is 5.26 Å². The average Bonchev–Trinajstić information content (AvgIpc) is 2.69. The van der Waals surface area contributed by atoms with Gasteiger partial charge < -0.3 is 4.90 Å². The third kappa shape index (κ3) is 3.71. The number of carbonyl (C=O) groups is 1. The standard InChI is InChI=1S/C13H13ClN2O3S/c14-20(18,19)9-11-7-13(17)16(8-11)12-3-1-10(2-4-12)5-6-15/h1-4,11H,5,7-9H2. The minimum Gasteiger partial charge on any atom is -0.312 e. The van der Waals surface area contributed by atoms with Crippen molar-refractivity contribution < 1.29 is 13.2 Å². The Morgan fingerprint density at radius 1 is 1.35 bits per heavy atom. The maximum Gasteiger partial charge on any atom is 0.232 e. The van der Waals surface area contributed by atoms with Crippen molar-refractivity contribution in [2.45, 2.75) is 12.8 Å². The van der Waals surface area contributed by atoms with E-state index in [4.69, 9.17) is 15.9 Å². The Balaban J connectivity index is 2.10. The third-order valence-electron chi connectivity index (χ3n) is 3.17. The normalized spacial score (nSPS) is 19.1. The van der Waals surface area contributed by atoms with Crippen LogP contribution in [0.2, 0.25) is 0 Å². The van der Waals surface area contributed by atoms with Crippen LogP contribution in [0, 0.1) is 17.2 Å². The third-order valence-corrected chi connectivity index (χ3v) is 4.42. The molecule has 0 aliphatic carbocycles. The number of anilines is 1. The van der Waals surface area contributed by atoms with Crippen LogP contribution < -0.4 is 4.90 Å². The number of amides is 1. The van der Waals surface area contributed by atoms with E-state index in [9.17, 15) is 13.2 Å². The van der Waals surface area contributed by atoms with Gasteiger partial charge in [-0.3, -0.25) is 4.79 Å². The summed E-state index contributed by atoms with van der Waals surface area (Å²) in [7, 11) is 1.63. The lowest BCUT2D eigenvalue weighted by molar-refractivity contribution is -0.117. The van der Waals surface area contributed by atoms with E-state index in [0.717, 1.165) is 5.56 Å². The van der Waals surface area contributed by atoms with Gasteiger partial charge in [-0.15, -0.1) is 0 Å². The highest BCUT2D eigenvalue weighted by molar-refractivity contribution is 8.13. The van der Waals surface area contributed by atoms with E-state index in [2.05, 4.69) is 6.07 Å². The predicted molar refractivity (Wildman–Crippen MR) is 75.9 cm³/mol. The molecule has 1 aliphatic rings. The summed E-state index contributed by atoms with van der Waals surface area (Å²) in [5.41, 5.74) is 1.59. The first-order valence-electron chi connectivity index (χ1n) is 6.07. The molecule has 1 atom stereocenters. The van der Waals surface area contributed by atoms with Crippen LogP contribution in [-0.4, -0.2) is 26.6 Å². The Morgan fingerprint density at radius 3 is 2.55 bits per heavy atom. The van der Waals surface area contributed by atoms with Gasteiger partial charge in [-0.25, -0.2) is 8.42 Å². The van der Waals surface area contributed by atoms with Gasteiger partial charge in [0.1, 0.15) is 0 Å². The molecule has 0 saturated carbocycles. The Labute approximate surface area is 122 Å². The molecule has 20 heavy (non-hydrogen) atoms. The second kappa shape index (κ2) is 5.81. The van der Waals surface area contributed by atoms with Crippen LogP contribution in [0.5, 0.6) is 0 Å². The zero-order valence-corrected chi connectivity index (χ0v) is 12.2. The number of rotatable bonds is 4. The van der Waals surface area contributed by atoms with Crippen molar-refractivity contribution in [2.24, 2.45) is 5.92 Å². The van der Waals surface area contributed by atoms with E-state index in [-0.39, 0.29) is 24.0 Å². The fourth-order valence-corrected chi connectivity index (χ4v) is 3.63. The number of nitrogens with zero attached hydrogens (tertiary/aromatic N) is 2. The lowest BCUT2D eigenvalue weighted by atomic mass is 10.1. The maximum absolute atomic E-state index is 11.9. The van der Waals surface area contributed by atoms with Gasteiger partial charge in [0.2, 0.25) is 15.0 Å². The van der Waals surface area contributed by atoms with Crippen LogP contribution in [0.1, 0.15) is 12.0 Å². The smallest absolute Gasteiger partial charge is 0.232 e. The number of halogens is 1. The van der Waals surface area contributed by atoms with Crippen LogP contribution in [-0.2, 0) is 20.3 Å². The molecule has 106 valence electrons. The Bertz CT molecular complexity index is 649. The van der Waals surface area contributed by atoms with E-state index in [1.807, 2.05) is 0 Å². The molecule has 0 spiro atoms. The molecule has 1 aromatic carbocycles. The summed E-state index contributed by atoms with van der Waals surface area (Å²) in [5, 5.41) is 8.60. The highest BCUT2D eigenvalue weighted by Gasteiger charge is 2.33. The summed E-state index contributed by atoms with van der Waals surface area (Å²) in [6.45, 7) is 0.350. The summed E-state index contributed by atoms with van der Waals surface area (Å²) < 4.78 is 22.1. The molecule has 1 heterocycles. The van der Waals surface area contributed by atoms with E-state index in [0.29, 0.717) is 18.7 Å². The molecule has 0 radical (unpaired) electrons. The molecule has 7 heteroatoms. The number of hydrogen-bond donors (Lipinski definition) is 0. The van der Waals surface area contributed by atoms with Gasteiger partial charge in [-0.05, 0) is 17.7 Å². The number of benzene rings is 1. The summed E-state index contributed by atoms with van der Waals surface area (Å²) in [6, 6.07) is 9.16. The molecule has 0 N–H and O–H groups in total. The van der Waals surface area contributed by atoms with Crippen LogP contribution in [0.25, 0.3) is 0 Å². The van der Waals surface area contributed by atoms with Crippen molar-refractivity contribution in [1.82, 2.24) is 0 Å². The molecule has 1 aliphatic heterocycles. The molecular weight excluding hydrogens is 300 g/mol. The molecule has 1 saturated heterocycles. The fourth-order valence-electron chi connectivity index (χ4n) is 2.31. The first-order valence-corrected chi connectivity index (χ1v) is 8.55. The van der Waals surface area contributed by atoms with Gasteiger partial charge in [0.25, 0.3) is 0 Å². The van der Waals surface area contributed by atoms with Crippen molar-refractivity contribution in [3.63, 3.8) is 0 Å². The van der Waals surface area contributed by atoms with Crippen molar-refractivity contribution in [1.29, 1.82) is 5.26 Å². The molecule has 2 rings (SSSR count). The second-order valence-electron chi connectivity index (χ2n) is 4.78. The van der Waals surface area contributed by atoms with E-state index in [1.54, 1.807) is 29.2 Å². The van der Waals surface area contributed by atoms with Gasteiger partial charge in [0.05, 0.1) is 18.2 Å². The summed E-state index contributed by atoms with van der Waals surface area (Å²) >= 11 is 0. The van der Waals surface area contributed by atoms with Crippen molar-refractivity contribution in [3.8, 4) is 6.07 Å². The topological polar surface area (TPSA) is 78.2 Å². The van der Waals surface area contributed by atoms with Gasteiger partial charge >= 0.3 is 0 Å². The maximum atomic E-state index is 11.9.